The molecule has 3 N–H and O–H groups in total. The molecule has 1 heterocycles. The van der Waals surface area contributed by atoms with E-state index in [2.05, 4.69) is 0 Å². The molecule has 23 heavy (non-hydrogen) atoms. The lowest BCUT2D eigenvalue weighted by molar-refractivity contribution is -0.149. The minimum absolute atomic E-state index is 0.138. The van der Waals surface area contributed by atoms with Crippen LogP contribution in [0.2, 0.25) is 0 Å². The van der Waals surface area contributed by atoms with Crippen LogP contribution in [0, 0.1) is 0 Å². The number of rotatable bonds is 5. The zero-order chi connectivity index (χ0) is 17.4. The van der Waals surface area contributed by atoms with Gasteiger partial charge in [0.1, 0.15) is 29.1 Å². The number of aliphatic hydroxyl groups excluding tert-OH is 2. The Morgan fingerprint density at radius 2 is 1.91 bits per heavy atom. The summed E-state index contributed by atoms with van der Waals surface area (Å²) in [5.74, 6) is -0.784. The molecule has 0 amide bonds. The molecule has 0 aliphatic rings. The second-order valence-electron chi connectivity index (χ2n) is 5.70. The highest BCUT2D eigenvalue weighted by Gasteiger charge is 2.36. The summed E-state index contributed by atoms with van der Waals surface area (Å²) in [5, 5.41) is 30.5. The number of hydrogen-bond donors (Lipinski definition) is 3. The summed E-state index contributed by atoms with van der Waals surface area (Å²) in [4.78, 5) is 23.2. The molecule has 0 bridgehead atoms. The van der Waals surface area contributed by atoms with Crippen molar-refractivity contribution in [3.05, 3.63) is 40.2 Å². The lowest BCUT2D eigenvalue weighted by Crippen LogP contribution is -2.42. The summed E-state index contributed by atoms with van der Waals surface area (Å²) in [6.45, 7) is 2.44. The largest absolute Gasteiger partial charge is 0.496 e. The molecule has 124 valence electrons. The van der Waals surface area contributed by atoms with Gasteiger partial charge in [0.25, 0.3) is 0 Å². The Kier molecular flexibility index (Phi) is 4.56. The molecule has 0 aliphatic carbocycles. The lowest BCUT2D eigenvalue weighted by atomic mass is 9.92. The average Bonchev–Trinajstić information content (AvgIpc) is 2.50. The third-order valence-corrected chi connectivity index (χ3v) is 3.46. The Morgan fingerprint density at radius 1 is 1.26 bits per heavy atom. The highest BCUT2D eigenvalue weighted by atomic mass is 16.5. The maximum absolute atomic E-state index is 11.9. The summed E-state index contributed by atoms with van der Waals surface area (Å²) in [6.07, 6.45) is -3.45. The number of benzene rings is 1. The first-order valence-corrected chi connectivity index (χ1v) is 6.89. The van der Waals surface area contributed by atoms with E-state index in [1.54, 1.807) is 0 Å². The molecule has 7 nitrogen and oxygen atoms in total. The molecule has 1 aromatic heterocycles. The molecule has 2 rings (SSSR count). The van der Waals surface area contributed by atoms with Crippen molar-refractivity contribution in [2.24, 2.45) is 0 Å². The van der Waals surface area contributed by atoms with Crippen LogP contribution in [0.5, 0.6) is 5.75 Å². The summed E-state index contributed by atoms with van der Waals surface area (Å²) < 4.78 is 10.1. The topological polar surface area (TPSA) is 117 Å². The number of carbonyl (C=O) groups excluding carboxylic acids is 1. The number of aliphatic hydroxyl groups is 3. The molecule has 2 atom stereocenters. The van der Waals surface area contributed by atoms with Crippen LogP contribution >= 0.6 is 0 Å². The van der Waals surface area contributed by atoms with E-state index in [0.29, 0.717) is 5.39 Å². The van der Waals surface area contributed by atoms with Crippen molar-refractivity contribution in [3.63, 3.8) is 0 Å². The molecule has 0 saturated carbocycles. The summed E-state index contributed by atoms with van der Waals surface area (Å²) >= 11 is 0. The molecule has 0 saturated heterocycles. The van der Waals surface area contributed by atoms with Crippen molar-refractivity contribution < 1.29 is 29.3 Å². The van der Waals surface area contributed by atoms with Gasteiger partial charge in [-0.1, -0.05) is 0 Å². The van der Waals surface area contributed by atoms with Gasteiger partial charge in [0.05, 0.1) is 7.11 Å². The molecule has 0 radical (unpaired) electrons. The number of ketones is 1. The zero-order valence-electron chi connectivity index (χ0n) is 12.9. The fourth-order valence-corrected chi connectivity index (χ4v) is 2.20. The highest BCUT2D eigenvalue weighted by molar-refractivity contribution is 5.91. The van der Waals surface area contributed by atoms with E-state index in [-0.39, 0.29) is 16.9 Å². The predicted octanol–water partition coefficient (Wildman–Crippen LogP) is 0.536. The Hall–Kier alpha value is -2.22. The van der Waals surface area contributed by atoms with Crippen molar-refractivity contribution in [1.82, 2.24) is 0 Å². The van der Waals surface area contributed by atoms with Gasteiger partial charge in [-0.2, -0.15) is 0 Å². The van der Waals surface area contributed by atoms with Crippen LogP contribution in [0.1, 0.15) is 25.5 Å². The van der Waals surface area contributed by atoms with Crippen LogP contribution in [0.3, 0.4) is 0 Å². The number of carbonyl (C=O) groups is 1. The third-order valence-electron chi connectivity index (χ3n) is 3.46. The van der Waals surface area contributed by atoms with Crippen molar-refractivity contribution in [1.29, 1.82) is 0 Å². The average molecular weight is 322 g/mol. The summed E-state index contributed by atoms with van der Waals surface area (Å²) in [7, 11) is 1.34. The number of methoxy groups -OCH3 is 1. The summed E-state index contributed by atoms with van der Waals surface area (Å²) in [5.41, 5.74) is -1.95. The minimum Gasteiger partial charge on any atom is -0.496 e. The van der Waals surface area contributed by atoms with E-state index in [9.17, 15) is 24.9 Å². The molecule has 7 heteroatoms. The van der Waals surface area contributed by atoms with Crippen LogP contribution in [0.4, 0.5) is 0 Å². The molecular weight excluding hydrogens is 304 g/mol. The van der Waals surface area contributed by atoms with Gasteiger partial charge in [0, 0.05) is 23.1 Å². The Morgan fingerprint density at radius 3 is 2.48 bits per heavy atom. The van der Waals surface area contributed by atoms with Gasteiger partial charge < -0.3 is 24.5 Å². The van der Waals surface area contributed by atoms with Crippen molar-refractivity contribution in [3.8, 4) is 5.75 Å². The zero-order valence-corrected chi connectivity index (χ0v) is 12.9. The minimum atomic E-state index is -1.84. The van der Waals surface area contributed by atoms with E-state index in [0.717, 1.165) is 0 Å². The summed E-state index contributed by atoms with van der Waals surface area (Å²) in [6, 6.07) is 5.53. The van der Waals surface area contributed by atoms with Gasteiger partial charge >= 0.3 is 5.63 Å². The molecule has 0 aliphatic heterocycles. The molecule has 0 spiro atoms. The standard InChI is InChI=1S/C16H18O7/c1-16(2,21)15(20)14(19)13(18)9-6-8-4-5-12(17)23-10(8)7-11(9)22-3/h4-7,13-14,18-19,21H,1-3H3. The maximum atomic E-state index is 11.9. The van der Waals surface area contributed by atoms with Crippen LogP contribution in [0.25, 0.3) is 11.0 Å². The monoisotopic (exact) mass is 322 g/mol. The SMILES string of the molecule is COc1cc2oc(=O)ccc2cc1C(O)C(O)C(=O)C(C)(C)O. The van der Waals surface area contributed by atoms with E-state index in [1.165, 1.54) is 45.2 Å². The van der Waals surface area contributed by atoms with E-state index in [4.69, 9.17) is 9.15 Å². The van der Waals surface area contributed by atoms with Gasteiger partial charge in [0.2, 0.25) is 0 Å². The quantitative estimate of drug-likeness (QED) is 0.688. The van der Waals surface area contributed by atoms with Crippen molar-refractivity contribution in [2.75, 3.05) is 7.11 Å². The first-order valence-electron chi connectivity index (χ1n) is 6.89. The Balaban J connectivity index is 2.51. The normalized spacial score (nSPS) is 14.5. The first kappa shape index (κ1) is 17.1. The van der Waals surface area contributed by atoms with Gasteiger partial charge in [-0.25, -0.2) is 4.79 Å². The van der Waals surface area contributed by atoms with Gasteiger partial charge in [0.15, 0.2) is 5.78 Å². The lowest BCUT2D eigenvalue weighted by Gasteiger charge is -2.24. The maximum Gasteiger partial charge on any atom is 0.336 e. The Labute approximate surface area is 131 Å². The van der Waals surface area contributed by atoms with Crippen LogP contribution < -0.4 is 10.4 Å². The molecule has 2 aromatic rings. The van der Waals surface area contributed by atoms with Crippen LogP contribution in [0.15, 0.2) is 33.5 Å². The van der Waals surface area contributed by atoms with Gasteiger partial charge in [-0.3, -0.25) is 4.79 Å². The van der Waals surface area contributed by atoms with Gasteiger partial charge in [-0.15, -0.1) is 0 Å². The molecule has 0 fully saturated rings. The number of hydrogen-bond acceptors (Lipinski definition) is 7. The van der Waals surface area contributed by atoms with E-state index >= 15 is 0 Å². The molecule has 2 unspecified atom stereocenters. The van der Waals surface area contributed by atoms with E-state index in [1.807, 2.05) is 0 Å². The fourth-order valence-electron chi connectivity index (χ4n) is 2.20. The highest BCUT2D eigenvalue weighted by Crippen LogP contribution is 2.32. The molecule has 1 aromatic carbocycles. The second-order valence-corrected chi connectivity index (χ2v) is 5.70. The second kappa shape index (κ2) is 6.11. The first-order chi connectivity index (χ1) is 10.6. The van der Waals surface area contributed by atoms with Gasteiger partial charge in [-0.05, 0) is 26.0 Å². The van der Waals surface area contributed by atoms with E-state index < -0.39 is 29.2 Å². The number of fused-ring (bicyclic) bond motifs is 1. The van der Waals surface area contributed by atoms with Crippen molar-refractivity contribution in [2.45, 2.75) is 31.7 Å². The smallest absolute Gasteiger partial charge is 0.336 e. The number of Topliss-reactive ketones (excluding diaryl/α,β-unsaturated/α-hetero) is 1. The van der Waals surface area contributed by atoms with Crippen molar-refractivity contribution >= 4 is 16.8 Å². The Bertz CT molecular complexity index is 785. The van der Waals surface area contributed by atoms with Crippen LogP contribution in [-0.2, 0) is 4.79 Å². The molecular formula is C16H18O7. The third kappa shape index (κ3) is 3.42. The van der Waals surface area contributed by atoms with Crippen LogP contribution in [-0.4, -0.2) is 39.9 Å². The number of ether oxygens (including phenoxy) is 1. The predicted molar refractivity (Wildman–Crippen MR) is 81.3 cm³/mol. The fraction of sp³-hybridized carbons (Fsp3) is 0.375.